The Morgan fingerprint density at radius 1 is 1.05 bits per heavy atom. The molecule has 1 fully saturated rings. The number of rotatable bonds is 5. The Labute approximate surface area is 123 Å². The molecule has 0 bridgehead atoms. The molecule has 2 N–H and O–H groups in total. The summed E-state index contributed by atoms with van der Waals surface area (Å²) in [7, 11) is 0. The van der Waals surface area contributed by atoms with Crippen LogP contribution in [0.25, 0.3) is 0 Å². The summed E-state index contributed by atoms with van der Waals surface area (Å²) in [5.74, 6) is 0. The molecule has 1 heterocycles. The van der Waals surface area contributed by atoms with Gasteiger partial charge in [-0.05, 0) is 31.9 Å². The standard InChI is InChI=1S/C17H29N3/c1-4-17(5-2,15(3)18)20-13-11-19(12-14-20)16-9-7-6-8-10-16/h6-10,15H,4-5,11-14,18H2,1-3H3. The first-order chi connectivity index (χ1) is 9.64. The first-order valence-corrected chi connectivity index (χ1v) is 7.94. The van der Waals surface area contributed by atoms with Crippen LogP contribution in [0.3, 0.4) is 0 Å². The first-order valence-electron chi connectivity index (χ1n) is 7.94. The number of hydrogen-bond donors (Lipinski definition) is 1. The Morgan fingerprint density at radius 3 is 2.05 bits per heavy atom. The molecule has 0 aliphatic carbocycles. The predicted molar refractivity (Wildman–Crippen MR) is 87.2 cm³/mol. The lowest BCUT2D eigenvalue weighted by atomic mass is 9.83. The fourth-order valence-corrected chi connectivity index (χ4v) is 3.68. The van der Waals surface area contributed by atoms with Crippen molar-refractivity contribution in [2.24, 2.45) is 5.73 Å². The quantitative estimate of drug-likeness (QED) is 0.897. The SMILES string of the molecule is CCC(CC)(C(C)N)N1CCN(c2ccccc2)CC1. The van der Waals surface area contributed by atoms with Gasteiger partial charge in [-0.2, -0.15) is 0 Å². The van der Waals surface area contributed by atoms with Gasteiger partial charge in [-0.15, -0.1) is 0 Å². The number of hydrogen-bond acceptors (Lipinski definition) is 3. The minimum atomic E-state index is 0.169. The summed E-state index contributed by atoms with van der Waals surface area (Å²) in [5.41, 5.74) is 7.82. The lowest BCUT2D eigenvalue weighted by Crippen LogP contribution is -2.63. The molecule has 1 aromatic carbocycles. The highest BCUT2D eigenvalue weighted by molar-refractivity contribution is 5.46. The highest BCUT2D eigenvalue weighted by atomic mass is 15.3. The summed E-state index contributed by atoms with van der Waals surface area (Å²) in [6, 6.07) is 10.9. The molecule has 1 saturated heterocycles. The van der Waals surface area contributed by atoms with Crippen molar-refractivity contribution in [1.82, 2.24) is 4.90 Å². The van der Waals surface area contributed by atoms with E-state index in [4.69, 9.17) is 5.73 Å². The number of nitrogens with zero attached hydrogens (tertiary/aromatic N) is 2. The van der Waals surface area contributed by atoms with E-state index in [9.17, 15) is 0 Å². The fraction of sp³-hybridized carbons (Fsp3) is 0.647. The van der Waals surface area contributed by atoms with E-state index in [1.165, 1.54) is 5.69 Å². The Balaban J connectivity index is 2.03. The topological polar surface area (TPSA) is 32.5 Å². The van der Waals surface area contributed by atoms with Crippen LogP contribution in [0.15, 0.2) is 30.3 Å². The van der Waals surface area contributed by atoms with Crippen molar-refractivity contribution >= 4 is 5.69 Å². The van der Waals surface area contributed by atoms with Gasteiger partial charge < -0.3 is 10.6 Å². The van der Waals surface area contributed by atoms with Crippen molar-refractivity contribution in [2.75, 3.05) is 31.1 Å². The predicted octanol–water partition coefficient (Wildman–Crippen LogP) is 2.71. The second-order valence-corrected chi connectivity index (χ2v) is 5.91. The van der Waals surface area contributed by atoms with Crippen molar-refractivity contribution < 1.29 is 0 Å². The maximum Gasteiger partial charge on any atom is 0.0367 e. The lowest BCUT2D eigenvalue weighted by molar-refractivity contribution is 0.0526. The summed E-state index contributed by atoms with van der Waals surface area (Å²) >= 11 is 0. The third kappa shape index (κ3) is 2.84. The number of anilines is 1. The van der Waals surface area contributed by atoms with Gasteiger partial charge in [0, 0.05) is 43.4 Å². The van der Waals surface area contributed by atoms with Crippen molar-refractivity contribution in [3.8, 4) is 0 Å². The van der Waals surface area contributed by atoms with E-state index < -0.39 is 0 Å². The second-order valence-electron chi connectivity index (χ2n) is 5.91. The van der Waals surface area contributed by atoms with Crippen LogP contribution in [0.1, 0.15) is 33.6 Å². The van der Waals surface area contributed by atoms with Gasteiger partial charge in [-0.25, -0.2) is 0 Å². The van der Waals surface area contributed by atoms with Crippen LogP contribution in [0.2, 0.25) is 0 Å². The third-order valence-corrected chi connectivity index (χ3v) is 5.10. The van der Waals surface area contributed by atoms with Crippen molar-refractivity contribution in [1.29, 1.82) is 0 Å². The molecule has 2 rings (SSSR count). The minimum absolute atomic E-state index is 0.169. The summed E-state index contributed by atoms with van der Waals surface area (Å²) in [4.78, 5) is 5.10. The van der Waals surface area contributed by atoms with Crippen molar-refractivity contribution in [3.63, 3.8) is 0 Å². The summed E-state index contributed by atoms with van der Waals surface area (Å²) in [6.07, 6.45) is 2.26. The van der Waals surface area contributed by atoms with E-state index in [1.54, 1.807) is 0 Å². The molecule has 1 aliphatic heterocycles. The van der Waals surface area contributed by atoms with Gasteiger partial charge in [0.05, 0.1) is 0 Å². The van der Waals surface area contributed by atoms with Crippen molar-refractivity contribution in [3.05, 3.63) is 30.3 Å². The number of piperazine rings is 1. The van der Waals surface area contributed by atoms with Crippen LogP contribution in [0, 0.1) is 0 Å². The molecule has 3 heteroatoms. The number of benzene rings is 1. The van der Waals surface area contributed by atoms with Gasteiger partial charge in [0.15, 0.2) is 0 Å². The Kier molecular flexibility index (Phi) is 5.06. The zero-order valence-corrected chi connectivity index (χ0v) is 13.2. The van der Waals surface area contributed by atoms with Gasteiger partial charge in [0.1, 0.15) is 0 Å². The number of para-hydroxylation sites is 1. The van der Waals surface area contributed by atoms with Crippen LogP contribution in [-0.4, -0.2) is 42.7 Å². The minimum Gasteiger partial charge on any atom is -0.369 e. The molecule has 1 aliphatic rings. The Morgan fingerprint density at radius 2 is 1.60 bits per heavy atom. The average Bonchev–Trinajstić information content (AvgIpc) is 2.50. The van der Waals surface area contributed by atoms with Gasteiger partial charge in [0.25, 0.3) is 0 Å². The molecule has 1 unspecified atom stereocenters. The van der Waals surface area contributed by atoms with E-state index in [0.29, 0.717) is 0 Å². The molecule has 3 nitrogen and oxygen atoms in total. The lowest BCUT2D eigenvalue weighted by Gasteiger charge is -2.50. The molecule has 0 saturated carbocycles. The van der Waals surface area contributed by atoms with E-state index in [0.717, 1.165) is 39.0 Å². The first kappa shape index (κ1) is 15.3. The summed E-state index contributed by atoms with van der Waals surface area (Å²) < 4.78 is 0. The molecule has 1 aromatic rings. The smallest absolute Gasteiger partial charge is 0.0367 e. The van der Waals surface area contributed by atoms with Gasteiger partial charge in [-0.1, -0.05) is 32.0 Å². The molecular formula is C17H29N3. The normalized spacial score (nSPS) is 19.1. The van der Waals surface area contributed by atoms with Gasteiger partial charge in [0.2, 0.25) is 0 Å². The van der Waals surface area contributed by atoms with Crippen molar-refractivity contribution in [2.45, 2.75) is 45.2 Å². The highest BCUT2D eigenvalue weighted by Crippen LogP contribution is 2.29. The zero-order valence-electron chi connectivity index (χ0n) is 13.2. The van der Waals surface area contributed by atoms with Crippen LogP contribution >= 0.6 is 0 Å². The van der Waals surface area contributed by atoms with Crippen LogP contribution < -0.4 is 10.6 Å². The van der Waals surface area contributed by atoms with E-state index in [1.807, 2.05) is 0 Å². The van der Waals surface area contributed by atoms with E-state index in [-0.39, 0.29) is 11.6 Å². The zero-order chi connectivity index (χ0) is 14.6. The Bertz CT molecular complexity index is 390. The van der Waals surface area contributed by atoms with E-state index >= 15 is 0 Å². The monoisotopic (exact) mass is 275 g/mol. The molecule has 1 atom stereocenters. The maximum atomic E-state index is 6.31. The number of nitrogens with two attached hydrogens (primary N) is 1. The van der Waals surface area contributed by atoms with Gasteiger partial charge >= 0.3 is 0 Å². The van der Waals surface area contributed by atoms with Crippen LogP contribution in [-0.2, 0) is 0 Å². The Hall–Kier alpha value is -1.06. The summed E-state index contributed by atoms with van der Waals surface area (Å²) in [6.45, 7) is 11.1. The molecule has 0 spiro atoms. The van der Waals surface area contributed by atoms with E-state index in [2.05, 4.69) is 60.9 Å². The summed E-state index contributed by atoms with van der Waals surface area (Å²) in [5, 5.41) is 0. The molecule has 0 amide bonds. The average molecular weight is 275 g/mol. The fourth-order valence-electron chi connectivity index (χ4n) is 3.68. The maximum absolute atomic E-state index is 6.31. The second kappa shape index (κ2) is 6.59. The largest absolute Gasteiger partial charge is 0.369 e. The van der Waals surface area contributed by atoms with Crippen LogP contribution in [0.4, 0.5) is 5.69 Å². The molecule has 112 valence electrons. The van der Waals surface area contributed by atoms with Crippen LogP contribution in [0.5, 0.6) is 0 Å². The molecule has 0 radical (unpaired) electrons. The molecular weight excluding hydrogens is 246 g/mol. The highest BCUT2D eigenvalue weighted by Gasteiger charge is 2.38. The van der Waals surface area contributed by atoms with Gasteiger partial charge in [-0.3, -0.25) is 4.90 Å². The molecule has 0 aromatic heterocycles. The molecule has 20 heavy (non-hydrogen) atoms. The third-order valence-electron chi connectivity index (χ3n) is 5.10.